The third-order valence-corrected chi connectivity index (χ3v) is 2.83. The fraction of sp³-hybridized carbons (Fsp3) is 0.538. The van der Waals surface area contributed by atoms with E-state index in [1.807, 2.05) is 27.9 Å². The lowest BCUT2D eigenvalue weighted by Gasteiger charge is -2.24. The van der Waals surface area contributed by atoms with E-state index < -0.39 is 5.60 Å². The molecule has 0 heterocycles. The molecule has 84 valence electrons. The monoisotopic (exact) mass is 207 g/mol. The maximum absolute atomic E-state index is 9.99. The standard InChI is InChI=1S/C13H21NO/c1-9-7-11(13(3,4)15)8-12(10(9)2)14(5)6/h7-8,15H,1-6H3. The molecular formula is C13H21NO. The molecule has 0 aliphatic carbocycles. The van der Waals surface area contributed by atoms with E-state index in [-0.39, 0.29) is 0 Å². The highest BCUT2D eigenvalue weighted by Gasteiger charge is 2.18. The van der Waals surface area contributed by atoms with Crippen molar-refractivity contribution in [1.82, 2.24) is 0 Å². The minimum absolute atomic E-state index is 0.775. The highest BCUT2D eigenvalue weighted by atomic mass is 16.3. The molecule has 2 heteroatoms. The van der Waals surface area contributed by atoms with Gasteiger partial charge in [0, 0.05) is 19.8 Å². The van der Waals surface area contributed by atoms with Crippen LogP contribution in [-0.4, -0.2) is 19.2 Å². The Hall–Kier alpha value is -1.02. The molecule has 0 aliphatic rings. The zero-order chi connectivity index (χ0) is 11.8. The minimum atomic E-state index is -0.775. The summed E-state index contributed by atoms with van der Waals surface area (Å²) in [5, 5.41) is 9.99. The van der Waals surface area contributed by atoms with E-state index in [1.165, 1.54) is 16.8 Å². The van der Waals surface area contributed by atoms with Crippen LogP contribution in [0.2, 0.25) is 0 Å². The van der Waals surface area contributed by atoms with Crippen molar-refractivity contribution >= 4 is 5.69 Å². The molecule has 0 saturated carbocycles. The van der Waals surface area contributed by atoms with Crippen LogP contribution in [0.1, 0.15) is 30.5 Å². The van der Waals surface area contributed by atoms with Gasteiger partial charge in [-0.1, -0.05) is 6.07 Å². The van der Waals surface area contributed by atoms with E-state index in [2.05, 4.69) is 30.9 Å². The van der Waals surface area contributed by atoms with Gasteiger partial charge in [-0.05, 0) is 50.5 Å². The molecule has 1 aromatic carbocycles. The zero-order valence-electron chi connectivity index (χ0n) is 10.5. The number of benzene rings is 1. The molecule has 0 amide bonds. The lowest BCUT2D eigenvalue weighted by molar-refractivity contribution is 0.0786. The second-order valence-electron chi connectivity index (χ2n) is 4.89. The maximum atomic E-state index is 9.99. The van der Waals surface area contributed by atoms with Crippen molar-refractivity contribution in [3.63, 3.8) is 0 Å². The van der Waals surface area contributed by atoms with Crippen LogP contribution >= 0.6 is 0 Å². The molecule has 0 radical (unpaired) electrons. The van der Waals surface area contributed by atoms with Crippen molar-refractivity contribution in [2.75, 3.05) is 19.0 Å². The molecule has 0 saturated heterocycles. The van der Waals surface area contributed by atoms with Gasteiger partial charge < -0.3 is 10.0 Å². The minimum Gasteiger partial charge on any atom is -0.386 e. The van der Waals surface area contributed by atoms with Crippen molar-refractivity contribution in [1.29, 1.82) is 0 Å². The van der Waals surface area contributed by atoms with Crippen molar-refractivity contribution in [2.45, 2.75) is 33.3 Å². The fourth-order valence-electron chi connectivity index (χ4n) is 1.66. The summed E-state index contributed by atoms with van der Waals surface area (Å²) in [4.78, 5) is 2.08. The molecule has 0 aliphatic heterocycles. The quantitative estimate of drug-likeness (QED) is 0.805. The van der Waals surface area contributed by atoms with Gasteiger partial charge in [0.15, 0.2) is 0 Å². The van der Waals surface area contributed by atoms with Gasteiger partial charge in [-0.3, -0.25) is 0 Å². The largest absolute Gasteiger partial charge is 0.386 e. The summed E-state index contributed by atoms with van der Waals surface area (Å²) in [5.41, 5.74) is 3.86. The van der Waals surface area contributed by atoms with E-state index in [0.29, 0.717) is 0 Å². The van der Waals surface area contributed by atoms with Crippen LogP contribution in [0.15, 0.2) is 12.1 Å². The normalized spacial score (nSPS) is 11.7. The fourth-order valence-corrected chi connectivity index (χ4v) is 1.66. The smallest absolute Gasteiger partial charge is 0.0841 e. The number of hydrogen-bond acceptors (Lipinski definition) is 2. The van der Waals surface area contributed by atoms with E-state index in [4.69, 9.17) is 0 Å². The molecule has 1 rings (SSSR count). The third-order valence-electron chi connectivity index (χ3n) is 2.83. The molecule has 0 fully saturated rings. The number of hydrogen-bond donors (Lipinski definition) is 1. The first-order chi connectivity index (χ1) is 6.73. The first-order valence-electron chi connectivity index (χ1n) is 5.25. The Labute approximate surface area is 92.5 Å². The molecule has 0 unspecified atom stereocenters. The van der Waals surface area contributed by atoms with Crippen LogP contribution in [0.3, 0.4) is 0 Å². The molecule has 15 heavy (non-hydrogen) atoms. The Morgan fingerprint density at radius 2 is 1.67 bits per heavy atom. The number of rotatable bonds is 2. The summed E-state index contributed by atoms with van der Waals surface area (Å²) < 4.78 is 0. The predicted octanol–water partition coefficient (Wildman–Crippen LogP) is 2.60. The molecule has 0 spiro atoms. The van der Waals surface area contributed by atoms with Crippen molar-refractivity contribution < 1.29 is 5.11 Å². The number of aliphatic hydroxyl groups is 1. The SMILES string of the molecule is Cc1cc(C(C)(C)O)cc(N(C)C)c1C. The summed E-state index contributed by atoms with van der Waals surface area (Å²) in [6.45, 7) is 7.82. The molecule has 0 aromatic heterocycles. The average molecular weight is 207 g/mol. The molecule has 1 N–H and O–H groups in total. The second kappa shape index (κ2) is 3.86. The first kappa shape index (κ1) is 12.1. The van der Waals surface area contributed by atoms with Gasteiger partial charge in [0.2, 0.25) is 0 Å². The Balaban J connectivity index is 3.36. The van der Waals surface area contributed by atoms with Crippen LogP contribution in [0.4, 0.5) is 5.69 Å². The lowest BCUT2D eigenvalue weighted by atomic mass is 9.93. The maximum Gasteiger partial charge on any atom is 0.0841 e. The number of nitrogens with zero attached hydrogens (tertiary/aromatic N) is 1. The lowest BCUT2D eigenvalue weighted by Crippen LogP contribution is -2.18. The van der Waals surface area contributed by atoms with E-state index in [0.717, 1.165) is 5.56 Å². The Morgan fingerprint density at radius 3 is 2.07 bits per heavy atom. The van der Waals surface area contributed by atoms with Crippen molar-refractivity contribution in [3.05, 3.63) is 28.8 Å². The van der Waals surface area contributed by atoms with E-state index in [9.17, 15) is 5.11 Å². The molecular weight excluding hydrogens is 186 g/mol. The van der Waals surface area contributed by atoms with Gasteiger partial charge >= 0.3 is 0 Å². The van der Waals surface area contributed by atoms with Crippen LogP contribution in [0, 0.1) is 13.8 Å². The van der Waals surface area contributed by atoms with E-state index in [1.54, 1.807) is 0 Å². The third kappa shape index (κ3) is 2.51. The topological polar surface area (TPSA) is 23.5 Å². The summed E-state index contributed by atoms with van der Waals surface area (Å²) >= 11 is 0. The Bertz CT molecular complexity index is 362. The summed E-state index contributed by atoms with van der Waals surface area (Å²) in [6.07, 6.45) is 0. The molecule has 2 nitrogen and oxygen atoms in total. The van der Waals surface area contributed by atoms with Gasteiger partial charge in [-0.2, -0.15) is 0 Å². The molecule has 0 atom stereocenters. The number of anilines is 1. The number of aryl methyl sites for hydroxylation is 1. The molecule has 0 bridgehead atoms. The van der Waals surface area contributed by atoms with Crippen LogP contribution < -0.4 is 4.90 Å². The van der Waals surface area contributed by atoms with Crippen molar-refractivity contribution in [3.8, 4) is 0 Å². The summed E-state index contributed by atoms with van der Waals surface area (Å²) in [6, 6.07) is 4.12. The van der Waals surface area contributed by atoms with Crippen LogP contribution in [0.25, 0.3) is 0 Å². The average Bonchev–Trinajstić information content (AvgIpc) is 2.06. The predicted molar refractivity (Wildman–Crippen MR) is 65.5 cm³/mol. The summed E-state index contributed by atoms with van der Waals surface area (Å²) in [5.74, 6) is 0. The van der Waals surface area contributed by atoms with Gasteiger partial charge in [-0.15, -0.1) is 0 Å². The van der Waals surface area contributed by atoms with Gasteiger partial charge in [-0.25, -0.2) is 0 Å². The Kier molecular flexibility index (Phi) is 3.10. The van der Waals surface area contributed by atoms with Crippen LogP contribution in [-0.2, 0) is 5.60 Å². The van der Waals surface area contributed by atoms with Crippen LogP contribution in [0.5, 0.6) is 0 Å². The van der Waals surface area contributed by atoms with E-state index >= 15 is 0 Å². The van der Waals surface area contributed by atoms with Crippen molar-refractivity contribution in [2.24, 2.45) is 0 Å². The highest BCUT2D eigenvalue weighted by Crippen LogP contribution is 2.29. The Morgan fingerprint density at radius 1 is 1.13 bits per heavy atom. The highest BCUT2D eigenvalue weighted by molar-refractivity contribution is 5.57. The first-order valence-corrected chi connectivity index (χ1v) is 5.25. The zero-order valence-corrected chi connectivity index (χ0v) is 10.5. The van der Waals surface area contributed by atoms with Gasteiger partial charge in [0.25, 0.3) is 0 Å². The molecule has 1 aromatic rings. The summed E-state index contributed by atoms with van der Waals surface area (Å²) in [7, 11) is 4.05. The van der Waals surface area contributed by atoms with Gasteiger partial charge in [0.05, 0.1) is 5.60 Å². The second-order valence-corrected chi connectivity index (χ2v) is 4.89. The van der Waals surface area contributed by atoms with Gasteiger partial charge in [0.1, 0.15) is 0 Å².